The molecule has 4 heteroatoms. The third-order valence-electron chi connectivity index (χ3n) is 3.39. The minimum atomic E-state index is -0.173. The number of aryl methyl sites for hydroxylation is 2. The highest BCUT2D eigenvalue weighted by Crippen LogP contribution is 2.26. The van der Waals surface area contributed by atoms with Crippen LogP contribution in [0, 0.1) is 13.8 Å². The van der Waals surface area contributed by atoms with Crippen LogP contribution in [0.25, 0.3) is 0 Å². The third kappa shape index (κ3) is 4.28. The molecular weight excluding hydrogens is 294 g/mol. The summed E-state index contributed by atoms with van der Waals surface area (Å²) in [7, 11) is 1.64. The van der Waals surface area contributed by atoms with Crippen molar-refractivity contribution in [3.8, 4) is 5.75 Å². The second-order valence-electron chi connectivity index (χ2n) is 5.24. The third-order valence-corrected chi connectivity index (χ3v) is 4.50. The molecule has 0 heterocycles. The Morgan fingerprint density at radius 3 is 2.45 bits per heavy atom. The molecule has 0 aliphatic heterocycles. The molecule has 0 aliphatic carbocycles. The van der Waals surface area contributed by atoms with E-state index in [0.717, 1.165) is 27.5 Å². The van der Waals surface area contributed by atoms with Crippen molar-refractivity contribution in [3.63, 3.8) is 0 Å². The Morgan fingerprint density at radius 1 is 1.14 bits per heavy atom. The van der Waals surface area contributed by atoms with Crippen molar-refractivity contribution in [1.82, 2.24) is 0 Å². The Balaban J connectivity index is 2.00. The lowest BCUT2D eigenvalue weighted by molar-refractivity contribution is -0.115. The molecule has 0 unspecified atom stereocenters. The van der Waals surface area contributed by atoms with Crippen molar-refractivity contribution in [2.24, 2.45) is 0 Å². The van der Waals surface area contributed by atoms with E-state index in [-0.39, 0.29) is 11.2 Å². The number of benzene rings is 2. The Kier molecular flexibility index (Phi) is 5.50. The fourth-order valence-electron chi connectivity index (χ4n) is 2.02. The number of hydrogen-bond donors (Lipinski definition) is 1. The topological polar surface area (TPSA) is 38.3 Å². The van der Waals surface area contributed by atoms with Gasteiger partial charge in [0, 0.05) is 10.6 Å². The molecule has 0 radical (unpaired) electrons. The van der Waals surface area contributed by atoms with Gasteiger partial charge in [0.2, 0.25) is 5.91 Å². The highest BCUT2D eigenvalue weighted by molar-refractivity contribution is 8.00. The highest BCUT2D eigenvalue weighted by Gasteiger charge is 2.15. The minimum Gasteiger partial charge on any atom is -0.497 e. The number of carbonyl (C=O) groups is 1. The van der Waals surface area contributed by atoms with Crippen LogP contribution < -0.4 is 10.1 Å². The van der Waals surface area contributed by atoms with E-state index in [0.29, 0.717) is 0 Å². The van der Waals surface area contributed by atoms with Crippen molar-refractivity contribution >= 4 is 23.4 Å². The molecule has 0 fully saturated rings. The second-order valence-corrected chi connectivity index (χ2v) is 6.66. The maximum atomic E-state index is 12.3. The van der Waals surface area contributed by atoms with Crippen LogP contribution in [0.15, 0.2) is 47.4 Å². The maximum absolute atomic E-state index is 12.3. The summed E-state index contributed by atoms with van der Waals surface area (Å²) in [5, 5.41) is 2.84. The molecule has 0 aliphatic rings. The van der Waals surface area contributed by atoms with Crippen LogP contribution >= 0.6 is 11.8 Å². The van der Waals surface area contributed by atoms with Gasteiger partial charge in [-0.15, -0.1) is 11.8 Å². The number of thioether (sulfide) groups is 1. The number of anilines is 1. The molecule has 2 aromatic carbocycles. The summed E-state index contributed by atoms with van der Waals surface area (Å²) in [6.07, 6.45) is 0. The van der Waals surface area contributed by atoms with Gasteiger partial charge in [-0.1, -0.05) is 12.1 Å². The number of carbonyl (C=O) groups excluding carboxylic acids is 1. The van der Waals surface area contributed by atoms with Crippen molar-refractivity contribution in [3.05, 3.63) is 53.6 Å². The minimum absolute atomic E-state index is 0.00881. The first kappa shape index (κ1) is 16.4. The molecule has 0 bridgehead atoms. The average Bonchev–Trinajstić information content (AvgIpc) is 2.51. The van der Waals surface area contributed by atoms with Crippen LogP contribution in [0.2, 0.25) is 0 Å². The Hall–Kier alpha value is -1.94. The molecule has 1 amide bonds. The largest absolute Gasteiger partial charge is 0.497 e. The first-order valence-electron chi connectivity index (χ1n) is 7.18. The van der Waals surface area contributed by atoms with Gasteiger partial charge < -0.3 is 10.1 Å². The summed E-state index contributed by atoms with van der Waals surface area (Å²) in [6, 6.07) is 13.8. The van der Waals surface area contributed by atoms with Crippen LogP contribution in [-0.2, 0) is 4.79 Å². The van der Waals surface area contributed by atoms with Gasteiger partial charge in [0.25, 0.3) is 0 Å². The molecule has 0 spiro atoms. The van der Waals surface area contributed by atoms with E-state index >= 15 is 0 Å². The van der Waals surface area contributed by atoms with Gasteiger partial charge in [0.1, 0.15) is 5.75 Å². The zero-order valence-electron chi connectivity index (χ0n) is 13.3. The SMILES string of the molecule is COc1ccc(S[C@@H](C)C(=O)Nc2cc(C)ccc2C)cc1. The van der Waals surface area contributed by atoms with Crippen LogP contribution in [0.4, 0.5) is 5.69 Å². The average molecular weight is 315 g/mol. The summed E-state index contributed by atoms with van der Waals surface area (Å²) in [5.74, 6) is 0.825. The molecule has 2 aromatic rings. The van der Waals surface area contributed by atoms with E-state index < -0.39 is 0 Å². The van der Waals surface area contributed by atoms with Crippen molar-refractivity contribution < 1.29 is 9.53 Å². The molecule has 0 aromatic heterocycles. The zero-order valence-corrected chi connectivity index (χ0v) is 14.2. The van der Waals surface area contributed by atoms with Crippen LogP contribution in [-0.4, -0.2) is 18.3 Å². The predicted octanol–water partition coefficient (Wildman–Crippen LogP) is 4.43. The smallest absolute Gasteiger partial charge is 0.237 e. The fraction of sp³-hybridized carbons (Fsp3) is 0.278. The van der Waals surface area contributed by atoms with Gasteiger partial charge in [-0.25, -0.2) is 0 Å². The lowest BCUT2D eigenvalue weighted by Gasteiger charge is -2.14. The van der Waals surface area contributed by atoms with Crippen molar-refractivity contribution in [1.29, 1.82) is 0 Å². The van der Waals surface area contributed by atoms with E-state index in [9.17, 15) is 4.79 Å². The van der Waals surface area contributed by atoms with Gasteiger partial charge in [0.05, 0.1) is 12.4 Å². The summed E-state index contributed by atoms with van der Waals surface area (Å²) in [6.45, 7) is 5.93. The number of methoxy groups -OCH3 is 1. The summed E-state index contributed by atoms with van der Waals surface area (Å²) >= 11 is 1.53. The monoisotopic (exact) mass is 315 g/mol. The predicted molar refractivity (Wildman–Crippen MR) is 92.9 cm³/mol. The van der Waals surface area contributed by atoms with Gasteiger partial charge in [0.15, 0.2) is 0 Å². The molecule has 1 N–H and O–H groups in total. The van der Waals surface area contributed by atoms with Crippen molar-refractivity contribution in [2.45, 2.75) is 30.9 Å². The first-order chi connectivity index (χ1) is 10.5. The Bertz CT molecular complexity index is 653. The van der Waals surface area contributed by atoms with Gasteiger partial charge in [-0.2, -0.15) is 0 Å². The number of hydrogen-bond acceptors (Lipinski definition) is 3. The number of amides is 1. The number of rotatable bonds is 5. The Morgan fingerprint density at radius 2 is 1.82 bits per heavy atom. The van der Waals surface area contributed by atoms with Crippen LogP contribution in [0.3, 0.4) is 0 Å². The molecule has 22 heavy (non-hydrogen) atoms. The quantitative estimate of drug-likeness (QED) is 0.829. The van der Waals surface area contributed by atoms with Gasteiger partial charge in [-0.05, 0) is 62.2 Å². The fourth-order valence-corrected chi connectivity index (χ4v) is 2.88. The molecular formula is C18H21NO2S. The van der Waals surface area contributed by atoms with Gasteiger partial charge in [-0.3, -0.25) is 4.79 Å². The van der Waals surface area contributed by atoms with Gasteiger partial charge >= 0.3 is 0 Å². The molecule has 2 rings (SSSR count). The van der Waals surface area contributed by atoms with E-state index in [2.05, 4.69) is 5.32 Å². The van der Waals surface area contributed by atoms with E-state index in [1.165, 1.54) is 11.8 Å². The van der Waals surface area contributed by atoms with E-state index in [4.69, 9.17) is 4.74 Å². The number of ether oxygens (including phenoxy) is 1. The normalized spacial score (nSPS) is 11.8. The molecule has 0 saturated carbocycles. The standard InChI is InChI=1S/C18H21NO2S/c1-12-5-6-13(2)17(11-12)19-18(20)14(3)22-16-9-7-15(21-4)8-10-16/h5-11,14H,1-4H3,(H,19,20)/t14-/m0/s1. The summed E-state index contributed by atoms with van der Waals surface area (Å²) < 4.78 is 5.14. The Labute approximate surface area is 136 Å². The van der Waals surface area contributed by atoms with Crippen molar-refractivity contribution in [2.75, 3.05) is 12.4 Å². The lowest BCUT2D eigenvalue weighted by Crippen LogP contribution is -2.22. The molecule has 1 atom stereocenters. The summed E-state index contributed by atoms with van der Waals surface area (Å²) in [4.78, 5) is 13.4. The lowest BCUT2D eigenvalue weighted by atomic mass is 10.1. The highest BCUT2D eigenvalue weighted by atomic mass is 32.2. The zero-order chi connectivity index (χ0) is 16.1. The van der Waals surface area contributed by atoms with Crippen LogP contribution in [0.5, 0.6) is 5.75 Å². The molecule has 3 nitrogen and oxygen atoms in total. The molecule has 0 saturated heterocycles. The van der Waals surface area contributed by atoms with E-state index in [1.54, 1.807) is 7.11 Å². The molecule has 116 valence electrons. The summed E-state index contributed by atoms with van der Waals surface area (Å²) in [5.41, 5.74) is 3.09. The number of nitrogens with one attached hydrogen (secondary N) is 1. The first-order valence-corrected chi connectivity index (χ1v) is 8.06. The van der Waals surface area contributed by atoms with Crippen LogP contribution in [0.1, 0.15) is 18.1 Å². The van der Waals surface area contributed by atoms with E-state index in [1.807, 2.05) is 63.2 Å². The maximum Gasteiger partial charge on any atom is 0.237 e. The second kappa shape index (κ2) is 7.36.